The first-order valence-electron chi connectivity index (χ1n) is 7.80. The van der Waals surface area contributed by atoms with Crippen molar-refractivity contribution in [2.24, 2.45) is 0 Å². The maximum Gasteiger partial charge on any atom is 0.243 e. The maximum absolute atomic E-state index is 5.54. The van der Waals surface area contributed by atoms with Gasteiger partial charge >= 0.3 is 0 Å². The number of aromatic nitrogens is 2. The third kappa shape index (κ3) is 4.93. The van der Waals surface area contributed by atoms with Crippen LogP contribution >= 0.6 is 0 Å². The first-order chi connectivity index (χ1) is 10.9. The molecule has 1 atom stereocenters. The molecule has 1 unspecified atom stereocenters. The van der Waals surface area contributed by atoms with Gasteiger partial charge in [-0.25, -0.2) is 0 Å². The van der Waals surface area contributed by atoms with Gasteiger partial charge in [0, 0.05) is 12.0 Å². The lowest BCUT2D eigenvalue weighted by Crippen LogP contribution is -2.19. The lowest BCUT2D eigenvalue weighted by atomic mass is 9.96. The van der Waals surface area contributed by atoms with E-state index in [-0.39, 0.29) is 11.5 Å². The number of rotatable bonds is 7. The van der Waals surface area contributed by atoms with Gasteiger partial charge in [0.05, 0.1) is 6.04 Å². The summed E-state index contributed by atoms with van der Waals surface area (Å²) in [6.45, 7) is 13.1. The summed E-state index contributed by atoms with van der Waals surface area (Å²) in [6, 6.07) is 7.96. The van der Waals surface area contributed by atoms with E-state index >= 15 is 0 Å². The van der Waals surface area contributed by atoms with Crippen LogP contribution in [-0.4, -0.2) is 16.7 Å². The average Bonchev–Trinajstić information content (AvgIpc) is 3.01. The summed E-state index contributed by atoms with van der Waals surface area (Å²) in [5, 5.41) is 7.45. The predicted molar refractivity (Wildman–Crippen MR) is 90.4 cm³/mol. The van der Waals surface area contributed by atoms with Gasteiger partial charge in [-0.1, -0.05) is 50.7 Å². The molecule has 0 aliphatic heterocycles. The lowest BCUT2D eigenvalue weighted by Gasteiger charge is -2.12. The Morgan fingerprint density at radius 1 is 1.39 bits per heavy atom. The molecule has 23 heavy (non-hydrogen) atoms. The van der Waals surface area contributed by atoms with Crippen molar-refractivity contribution >= 4 is 0 Å². The Morgan fingerprint density at radius 3 is 2.83 bits per heavy atom. The fraction of sp³-hybridized carbons (Fsp3) is 0.444. The van der Waals surface area contributed by atoms with E-state index < -0.39 is 0 Å². The van der Waals surface area contributed by atoms with E-state index in [1.54, 1.807) is 6.08 Å². The van der Waals surface area contributed by atoms with E-state index in [4.69, 9.17) is 9.26 Å². The molecule has 0 spiro atoms. The zero-order valence-electron chi connectivity index (χ0n) is 14.3. The van der Waals surface area contributed by atoms with Crippen LogP contribution in [0.15, 0.2) is 41.4 Å². The Hall–Kier alpha value is -2.14. The average molecular weight is 315 g/mol. The minimum atomic E-state index is -0.113. The zero-order chi connectivity index (χ0) is 16.9. The second kappa shape index (κ2) is 7.42. The molecule has 1 N–H and O–H groups in total. The summed E-state index contributed by atoms with van der Waals surface area (Å²) in [5.74, 6) is 2.17. The molecule has 0 saturated heterocycles. The summed E-state index contributed by atoms with van der Waals surface area (Å²) < 4.78 is 10.9. The molecule has 0 radical (unpaired) electrons. The Morgan fingerprint density at radius 2 is 2.17 bits per heavy atom. The first kappa shape index (κ1) is 17.2. The van der Waals surface area contributed by atoms with Crippen LogP contribution in [0.1, 0.15) is 51.0 Å². The highest BCUT2D eigenvalue weighted by atomic mass is 16.5. The van der Waals surface area contributed by atoms with Crippen LogP contribution in [0.25, 0.3) is 0 Å². The van der Waals surface area contributed by atoms with Crippen molar-refractivity contribution < 1.29 is 9.26 Å². The van der Waals surface area contributed by atoms with E-state index in [1.807, 2.05) is 25.1 Å². The Kier molecular flexibility index (Phi) is 5.55. The molecule has 0 amide bonds. The number of hydrogen-bond donors (Lipinski definition) is 1. The monoisotopic (exact) mass is 315 g/mol. The molecular weight excluding hydrogens is 290 g/mol. The van der Waals surface area contributed by atoms with Crippen molar-refractivity contribution in [2.75, 3.05) is 6.61 Å². The molecular formula is C18H25N3O2. The highest BCUT2D eigenvalue weighted by Gasteiger charge is 2.22. The topological polar surface area (TPSA) is 60.2 Å². The second-order valence-corrected chi connectivity index (χ2v) is 6.56. The quantitative estimate of drug-likeness (QED) is 0.788. The molecule has 0 aliphatic carbocycles. The lowest BCUT2D eigenvalue weighted by molar-refractivity contribution is 0.330. The van der Waals surface area contributed by atoms with Gasteiger partial charge < -0.3 is 14.6 Å². The van der Waals surface area contributed by atoms with Crippen molar-refractivity contribution in [3.63, 3.8) is 0 Å². The number of ether oxygens (including phenoxy) is 1. The SMILES string of the molecule is C=CCOc1cccc(CNC(C)c2nc(C(C)(C)C)no2)c1. The normalized spacial score (nSPS) is 12.9. The molecule has 5 nitrogen and oxygen atoms in total. The van der Waals surface area contributed by atoms with E-state index in [0.717, 1.165) is 17.1 Å². The minimum absolute atomic E-state index is 0.0173. The standard InChI is InChI=1S/C18H25N3O2/c1-6-10-22-15-9-7-8-14(11-15)12-19-13(2)16-20-17(21-23-16)18(3,4)5/h6-9,11,13,19H,1,10,12H2,2-5H3. The fourth-order valence-corrected chi connectivity index (χ4v) is 1.97. The van der Waals surface area contributed by atoms with Gasteiger partial charge in [0.15, 0.2) is 5.82 Å². The van der Waals surface area contributed by atoms with Gasteiger partial charge in [0.25, 0.3) is 0 Å². The van der Waals surface area contributed by atoms with Crippen molar-refractivity contribution in [1.82, 2.24) is 15.5 Å². The predicted octanol–water partition coefficient (Wildman–Crippen LogP) is 3.78. The molecule has 0 saturated carbocycles. The van der Waals surface area contributed by atoms with Crippen molar-refractivity contribution in [2.45, 2.75) is 45.7 Å². The summed E-state index contributed by atoms with van der Waals surface area (Å²) >= 11 is 0. The molecule has 2 rings (SSSR count). The molecule has 1 aromatic heterocycles. The van der Waals surface area contributed by atoms with E-state index in [2.05, 4.69) is 48.9 Å². The van der Waals surface area contributed by atoms with Crippen LogP contribution in [-0.2, 0) is 12.0 Å². The molecule has 0 bridgehead atoms. The summed E-state index contributed by atoms with van der Waals surface area (Å²) in [6.07, 6.45) is 1.73. The van der Waals surface area contributed by atoms with Crippen LogP contribution in [0.2, 0.25) is 0 Å². The zero-order valence-corrected chi connectivity index (χ0v) is 14.3. The first-order valence-corrected chi connectivity index (χ1v) is 7.80. The van der Waals surface area contributed by atoms with E-state index in [9.17, 15) is 0 Å². The Bertz CT molecular complexity index is 644. The van der Waals surface area contributed by atoms with Crippen molar-refractivity contribution in [1.29, 1.82) is 0 Å². The highest BCUT2D eigenvalue weighted by molar-refractivity contribution is 5.28. The van der Waals surface area contributed by atoms with E-state index in [1.165, 1.54) is 0 Å². The van der Waals surface area contributed by atoms with Crippen LogP contribution in [0.3, 0.4) is 0 Å². The number of hydrogen-bond acceptors (Lipinski definition) is 5. The summed E-state index contributed by atoms with van der Waals surface area (Å²) in [5.41, 5.74) is 1.02. The molecule has 1 heterocycles. The molecule has 5 heteroatoms. The van der Waals surface area contributed by atoms with Gasteiger partial charge in [-0.05, 0) is 24.6 Å². The molecule has 1 aromatic carbocycles. The van der Waals surface area contributed by atoms with Crippen LogP contribution in [0.4, 0.5) is 0 Å². The third-order valence-electron chi connectivity index (χ3n) is 3.36. The number of nitrogens with one attached hydrogen (secondary N) is 1. The molecule has 0 fully saturated rings. The summed E-state index contributed by atoms with van der Waals surface area (Å²) in [7, 11) is 0. The van der Waals surface area contributed by atoms with Gasteiger partial charge in [-0.3, -0.25) is 0 Å². The van der Waals surface area contributed by atoms with Crippen LogP contribution in [0, 0.1) is 0 Å². The number of benzene rings is 1. The molecule has 124 valence electrons. The van der Waals surface area contributed by atoms with Crippen LogP contribution < -0.4 is 10.1 Å². The Balaban J connectivity index is 1.95. The van der Waals surface area contributed by atoms with Gasteiger partial charge in [0.1, 0.15) is 12.4 Å². The van der Waals surface area contributed by atoms with E-state index in [0.29, 0.717) is 19.0 Å². The maximum atomic E-state index is 5.54. The van der Waals surface area contributed by atoms with Gasteiger partial charge in [-0.15, -0.1) is 0 Å². The number of nitrogens with zero attached hydrogens (tertiary/aromatic N) is 2. The van der Waals surface area contributed by atoms with Gasteiger partial charge in [-0.2, -0.15) is 4.98 Å². The van der Waals surface area contributed by atoms with Crippen molar-refractivity contribution in [3.8, 4) is 5.75 Å². The minimum Gasteiger partial charge on any atom is -0.490 e. The Labute approximate surface area is 137 Å². The van der Waals surface area contributed by atoms with Gasteiger partial charge in [0.2, 0.25) is 5.89 Å². The second-order valence-electron chi connectivity index (χ2n) is 6.56. The largest absolute Gasteiger partial charge is 0.490 e. The summed E-state index contributed by atoms with van der Waals surface area (Å²) in [4.78, 5) is 4.48. The third-order valence-corrected chi connectivity index (χ3v) is 3.36. The molecule has 2 aromatic rings. The molecule has 0 aliphatic rings. The van der Waals surface area contributed by atoms with Crippen LogP contribution in [0.5, 0.6) is 5.75 Å². The fourth-order valence-electron chi connectivity index (χ4n) is 1.97. The van der Waals surface area contributed by atoms with Crippen molar-refractivity contribution in [3.05, 3.63) is 54.2 Å². The highest BCUT2D eigenvalue weighted by Crippen LogP contribution is 2.21. The smallest absolute Gasteiger partial charge is 0.243 e.